The van der Waals surface area contributed by atoms with E-state index in [0.717, 1.165) is 17.3 Å². The first kappa shape index (κ1) is 13.8. The largest absolute Gasteiger partial charge is 0.323 e. The third kappa shape index (κ3) is 2.52. The van der Waals surface area contributed by atoms with Crippen molar-refractivity contribution in [1.82, 2.24) is 4.98 Å². The topological polar surface area (TPSA) is 38.9 Å². The zero-order chi connectivity index (χ0) is 14.1. The molecule has 1 aromatic carbocycles. The summed E-state index contributed by atoms with van der Waals surface area (Å²) in [6, 6.07) is 10.6. The van der Waals surface area contributed by atoms with E-state index in [9.17, 15) is 0 Å². The molecule has 0 fully saturated rings. The lowest BCUT2D eigenvalue weighted by molar-refractivity contribution is 0.462. The third-order valence-electron chi connectivity index (χ3n) is 4.19. The molecule has 2 atom stereocenters. The summed E-state index contributed by atoms with van der Waals surface area (Å²) < 4.78 is 1.10. The van der Waals surface area contributed by atoms with Crippen molar-refractivity contribution >= 4 is 15.9 Å². The lowest BCUT2D eigenvalue weighted by Crippen LogP contribution is -2.25. The van der Waals surface area contributed by atoms with Gasteiger partial charge in [0.2, 0.25) is 0 Å². The van der Waals surface area contributed by atoms with Gasteiger partial charge in [-0.15, -0.1) is 0 Å². The molecule has 3 rings (SSSR count). The van der Waals surface area contributed by atoms with Gasteiger partial charge in [0.25, 0.3) is 0 Å². The molecule has 0 bridgehead atoms. The highest BCUT2D eigenvalue weighted by Crippen LogP contribution is 2.39. The van der Waals surface area contributed by atoms with Crippen LogP contribution < -0.4 is 5.73 Å². The van der Waals surface area contributed by atoms with Crippen LogP contribution in [0.5, 0.6) is 0 Å². The third-order valence-corrected chi connectivity index (χ3v) is 4.87. The summed E-state index contributed by atoms with van der Waals surface area (Å²) in [5.74, 6) is 0.318. The van der Waals surface area contributed by atoms with Gasteiger partial charge in [-0.1, -0.05) is 34.1 Å². The predicted octanol–water partition coefficient (Wildman–Crippen LogP) is 4.27. The van der Waals surface area contributed by atoms with Crippen molar-refractivity contribution in [1.29, 1.82) is 0 Å². The number of pyridine rings is 1. The van der Waals surface area contributed by atoms with Crippen LogP contribution >= 0.6 is 15.9 Å². The Hall–Kier alpha value is -1.19. The number of fused-ring (bicyclic) bond motifs is 1. The smallest absolute Gasteiger partial charge is 0.0485 e. The van der Waals surface area contributed by atoms with Crippen molar-refractivity contribution in [3.8, 4) is 0 Å². The SMILES string of the molecule is Cc1ccc(C(N)C2CCCc3cccnc32)c(Br)c1. The number of aryl methyl sites for hydroxylation is 2. The Morgan fingerprint density at radius 1 is 1.35 bits per heavy atom. The molecule has 0 amide bonds. The molecule has 2 nitrogen and oxygen atoms in total. The van der Waals surface area contributed by atoms with Crippen molar-refractivity contribution < 1.29 is 0 Å². The first-order valence-corrected chi connectivity index (χ1v) is 7.91. The average Bonchev–Trinajstić information content (AvgIpc) is 2.46. The molecular formula is C17H19BrN2. The first-order chi connectivity index (χ1) is 9.66. The summed E-state index contributed by atoms with van der Waals surface area (Å²) in [6.07, 6.45) is 5.32. The van der Waals surface area contributed by atoms with Crippen LogP contribution in [-0.2, 0) is 6.42 Å². The summed E-state index contributed by atoms with van der Waals surface area (Å²) in [5.41, 5.74) is 11.5. The molecule has 1 aliphatic carbocycles. The molecule has 1 aromatic heterocycles. The molecule has 2 aromatic rings. The van der Waals surface area contributed by atoms with E-state index in [1.54, 1.807) is 0 Å². The summed E-state index contributed by atoms with van der Waals surface area (Å²) in [4.78, 5) is 4.60. The van der Waals surface area contributed by atoms with E-state index >= 15 is 0 Å². The van der Waals surface area contributed by atoms with E-state index in [-0.39, 0.29) is 6.04 Å². The van der Waals surface area contributed by atoms with Crippen molar-refractivity contribution in [2.75, 3.05) is 0 Å². The van der Waals surface area contributed by atoms with Crippen molar-refractivity contribution in [3.63, 3.8) is 0 Å². The number of benzene rings is 1. The summed E-state index contributed by atoms with van der Waals surface area (Å²) in [5, 5.41) is 0. The van der Waals surface area contributed by atoms with Gasteiger partial charge >= 0.3 is 0 Å². The molecule has 0 saturated carbocycles. The van der Waals surface area contributed by atoms with E-state index < -0.39 is 0 Å². The van der Waals surface area contributed by atoms with Gasteiger partial charge in [-0.3, -0.25) is 4.98 Å². The molecule has 3 heteroatoms. The van der Waals surface area contributed by atoms with Gasteiger partial charge in [-0.05, 0) is 55.0 Å². The molecule has 0 spiro atoms. The highest BCUT2D eigenvalue weighted by atomic mass is 79.9. The van der Waals surface area contributed by atoms with E-state index in [0.29, 0.717) is 5.92 Å². The second-order valence-corrected chi connectivity index (χ2v) is 6.45. The van der Waals surface area contributed by atoms with Crippen LogP contribution in [0.25, 0.3) is 0 Å². The Kier molecular flexibility index (Phi) is 3.90. The van der Waals surface area contributed by atoms with E-state index in [1.165, 1.54) is 28.8 Å². The summed E-state index contributed by atoms with van der Waals surface area (Å²) >= 11 is 3.65. The van der Waals surface area contributed by atoms with Gasteiger partial charge in [0.15, 0.2) is 0 Å². The second-order valence-electron chi connectivity index (χ2n) is 5.60. The number of halogens is 1. The highest BCUT2D eigenvalue weighted by molar-refractivity contribution is 9.10. The Morgan fingerprint density at radius 2 is 2.20 bits per heavy atom. The molecular weight excluding hydrogens is 312 g/mol. The maximum absolute atomic E-state index is 6.57. The van der Waals surface area contributed by atoms with E-state index in [1.807, 2.05) is 12.3 Å². The van der Waals surface area contributed by atoms with Gasteiger partial charge in [-0.25, -0.2) is 0 Å². The molecule has 2 N–H and O–H groups in total. The predicted molar refractivity (Wildman–Crippen MR) is 85.7 cm³/mol. The zero-order valence-corrected chi connectivity index (χ0v) is 13.2. The standard InChI is InChI=1S/C17H19BrN2/c1-11-7-8-13(15(18)10-11)16(19)14-6-2-4-12-5-3-9-20-17(12)14/h3,5,7-10,14,16H,2,4,6,19H2,1H3. The summed E-state index contributed by atoms with van der Waals surface area (Å²) in [7, 11) is 0. The minimum absolute atomic E-state index is 0.000995. The fourth-order valence-corrected chi connectivity index (χ4v) is 3.87. The van der Waals surface area contributed by atoms with Gasteiger partial charge in [-0.2, -0.15) is 0 Å². The Balaban J connectivity index is 1.97. The minimum Gasteiger partial charge on any atom is -0.323 e. The normalized spacial score (nSPS) is 19.4. The monoisotopic (exact) mass is 330 g/mol. The van der Waals surface area contributed by atoms with Crippen molar-refractivity contribution in [3.05, 3.63) is 63.4 Å². The van der Waals surface area contributed by atoms with Gasteiger partial charge in [0.1, 0.15) is 0 Å². The number of nitrogens with zero attached hydrogens (tertiary/aromatic N) is 1. The van der Waals surface area contributed by atoms with Crippen LogP contribution in [0.3, 0.4) is 0 Å². The quantitative estimate of drug-likeness (QED) is 0.892. The van der Waals surface area contributed by atoms with Crippen LogP contribution in [0.15, 0.2) is 41.0 Å². The molecule has 2 unspecified atom stereocenters. The molecule has 20 heavy (non-hydrogen) atoms. The van der Waals surface area contributed by atoms with Crippen molar-refractivity contribution in [2.45, 2.75) is 38.1 Å². The molecule has 104 valence electrons. The Labute approximate surface area is 128 Å². The number of hydrogen-bond donors (Lipinski definition) is 1. The van der Waals surface area contributed by atoms with E-state index in [4.69, 9.17) is 5.73 Å². The fraction of sp³-hybridized carbons (Fsp3) is 0.353. The minimum atomic E-state index is -0.000995. The maximum Gasteiger partial charge on any atom is 0.0485 e. The van der Waals surface area contributed by atoms with E-state index in [2.05, 4.69) is 52.1 Å². The van der Waals surface area contributed by atoms with Crippen molar-refractivity contribution in [2.24, 2.45) is 5.73 Å². The number of hydrogen-bond acceptors (Lipinski definition) is 2. The lowest BCUT2D eigenvalue weighted by atomic mass is 9.80. The van der Waals surface area contributed by atoms with Crippen LogP contribution in [0.1, 0.15) is 47.2 Å². The molecule has 1 aliphatic rings. The van der Waals surface area contributed by atoms with Crippen LogP contribution in [0, 0.1) is 6.92 Å². The number of aromatic nitrogens is 1. The molecule has 0 radical (unpaired) electrons. The molecule has 1 heterocycles. The number of rotatable bonds is 2. The van der Waals surface area contributed by atoms with Gasteiger partial charge in [0, 0.05) is 28.3 Å². The van der Waals surface area contributed by atoms with Crippen LogP contribution in [0.2, 0.25) is 0 Å². The maximum atomic E-state index is 6.57. The van der Waals surface area contributed by atoms with Crippen LogP contribution in [-0.4, -0.2) is 4.98 Å². The second kappa shape index (κ2) is 5.66. The van der Waals surface area contributed by atoms with Crippen LogP contribution in [0.4, 0.5) is 0 Å². The highest BCUT2D eigenvalue weighted by Gasteiger charge is 2.28. The first-order valence-electron chi connectivity index (χ1n) is 7.12. The zero-order valence-electron chi connectivity index (χ0n) is 11.6. The average molecular weight is 331 g/mol. The molecule has 0 aliphatic heterocycles. The number of nitrogens with two attached hydrogens (primary N) is 1. The fourth-order valence-electron chi connectivity index (χ4n) is 3.11. The Bertz CT molecular complexity index is 624. The lowest BCUT2D eigenvalue weighted by Gasteiger charge is -2.30. The summed E-state index contributed by atoms with van der Waals surface area (Å²) in [6.45, 7) is 2.09. The Morgan fingerprint density at radius 3 is 3.00 bits per heavy atom. The molecule has 0 saturated heterocycles. The van der Waals surface area contributed by atoms with Gasteiger partial charge in [0.05, 0.1) is 0 Å². The van der Waals surface area contributed by atoms with Gasteiger partial charge < -0.3 is 5.73 Å².